The average Bonchev–Trinajstić information content (AvgIpc) is 3.02. The lowest BCUT2D eigenvalue weighted by molar-refractivity contribution is 0.0523. The monoisotopic (exact) mass is 282 g/mol. The molecule has 2 aromatic rings. The molecule has 2 unspecified atom stereocenters. The number of nitrogens with one attached hydrogen (secondary N) is 1. The second-order valence-electron chi connectivity index (χ2n) is 6.59. The Labute approximate surface area is 125 Å². The Hall–Kier alpha value is -1.77. The number of carbonyl (C=O) groups excluding carboxylic acids is 1. The standard InChI is InChI=1S/C18H22N2O/c21-18(16-6-3-7-17-15(16)8-10-19-17)20-11-9-13-4-1-2-5-14(13)12-20/h3,6-8,10,13-14,19H,1-2,4-5,9,11-12H2. The first-order chi connectivity index (χ1) is 10.3. The number of likely N-dealkylation sites (tertiary alicyclic amines) is 1. The largest absolute Gasteiger partial charge is 0.361 e. The zero-order chi connectivity index (χ0) is 14.2. The molecule has 21 heavy (non-hydrogen) atoms. The lowest BCUT2D eigenvalue weighted by Gasteiger charge is -2.41. The van der Waals surface area contributed by atoms with Gasteiger partial charge in [0.15, 0.2) is 0 Å². The van der Waals surface area contributed by atoms with Crippen LogP contribution in [0.2, 0.25) is 0 Å². The zero-order valence-corrected chi connectivity index (χ0v) is 12.3. The van der Waals surface area contributed by atoms with E-state index in [0.29, 0.717) is 0 Å². The summed E-state index contributed by atoms with van der Waals surface area (Å²) >= 11 is 0. The summed E-state index contributed by atoms with van der Waals surface area (Å²) in [5, 5.41) is 1.05. The number of carbonyl (C=O) groups is 1. The number of H-pyrrole nitrogens is 1. The van der Waals surface area contributed by atoms with Gasteiger partial charge in [-0.2, -0.15) is 0 Å². The molecular weight excluding hydrogens is 260 g/mol. The van der Waals surface area contributed by atoms with Crippen LogP contribution in [-0.2, 0) is 0 Å². The topological polar surface area (TPSA) is 36.1 Å². The van der Waals surface area contributed by atoms with E-state index in [9.17, 15) is 4.79 Å². The van der Waals surface area contributed by atoms with Crippen LogP contribution in [0.3, 0.4) is 0 Å². The number of amides is 1. The van der Waals surface area contributed by atoms with E-state index in [0.717, 1.165) is 41.4 Å². The normalized spacial score (nSPS) is 25.8. The number of piperidine rings is 1. The predicted octanol–water partition coefficient (Wildman–Crippen LogP) is 3.82. The number of hydrogen-bond acceptors (Lipinski definition) is 1. The highest BCUT2D eigenvalue weighted by Gasteiger charge is 2.33. The van der Waals surface area contributed by atoms with Crippen molar-refractivity contribution in [2.75, 3.05) is 13.1 Å². The second-order valence-corrected chi connectivity index (χ2v) is 6.59. The van der Waals surface area contributed by atoms with Crippen molar-refractivity contribution in [2.45, 2.75) is 32.1 Å². The van der Waals surface area contributed by atoms with Crippen molar-refractivity contribution in [3.63, 3.8) is 0 Å². The molecule has 1 saturated heterocycles. The van der Waals surface area contributed by atoms with Crippen molar-refractivity contribution in [3.8, 4) is 0 Å². The summed E-state index contributed by atoms with van der Waals surface area (Å²) in [6.45, 7) is 1.89. The summed E-state index contributed by atoms with van der Waals surface area (Å²) in [5.41, 5.74) is 1.90. The molecular formula is C18H22N2O. The van der Waals surface area contributed by atoms with Crippen LogP contribution in [0.1, 0.15) is 42.5 Å². The molecule has 1 aromatic carbocycles. The minimum Gasteiger partial charge on any atom is -0.361 e. The van der Waals surface area contributed by atoms with E-state index in [2.05, 4.69) is 9.88 Å². The van der Waals surface area contributed by atoms with Crippen LogP contribution in [-0.4, -0.2) is 28.9 Å². The number of benzene rings is 1. The molecule has 2 aliphatic rings. The SMILES string of the molecule is O=C(c1cccc2[nH]ccc12)N1CCC2CCCCC2C1. The number of aromatic amines is 1. The van der Waals surface area contributed by atoms with E-state index in [4.69, 9.17) is 0 Å². The molecule has 0 spiro atoms. The Morgan fingerprint density at radius 3 is 2.86 bits per heavy atom. The maximum Gasteiger partial charge on any atom is 0.254 e. The number of fused-ring (bicyclic) bond motifs is 2. The van der Waals surface area contributed by atoms with Crippen LogP contribution in [0.15, 0.2) is 30.5 Å². The molecule has 110 valence electrons. The summed E-state index contributed by atoms with van der Waals surface area (Å²) in [6.07, 6.45) is 8.52. The Morgan fingerprint density at radius 2 is 1.95 bits per heavy atom. The number of hydrogen-bond donors (Lipinski definition) is 1. The van der Waals surface area contributed by atoms with Gasteiger partial charge in [0.2, 0.25) is 0 Å². The van der Waals surface area contributed by atoms with Crippen molar-refractivity contribution >= 4 is 16.8 Å². The molecule has 2 heterocycles. The Morgan fingerprint density at radius 1 is 1.10 bits per heavy atom. The molecule has 2 fully saturated rings. The lowest BCUT2D eigenvalue weighted by Crippen LogP contribution is -2.44. The van der Waals surface area contributed by atoms with E-state index in [-0.39, 0.29) is 5.91 Å². The summed E-state index contributed by atoms with van der Waals surface area (Å²) in [5.74, 6) is 1.82. The van der Waals surface area contributed by atoms with Gasteiger partial charge in [-0.1, -0.05) is 25.3 Å². The maximum atomic E-state index is 12.9. The molecule has 3 nitrogen and oxygen atoms in total. The molecule has 1 aromatic heterocycles. The van der Waals surface area contributed by atoms with Gasteiger partial charge in [0.1, 0.15) is 0 Å². The minimum absolute atomic E-state index is 0.212. The number of rotatable bonds is 1. The first-order valence-corrected chi connectivity index (χ1v) is 8.18. The van der Waals surface area contributed by atoms with Crippen molar-refractivity contribution in [3.05, 3.63) is 36.0 Å². The van der Waals surface area contributed by atoms with Crippen LogP contribution >= 0.6 is 0 Å². The van der Waals surface area contributed by atoms with Crippen LogP contribution in [0.5, 0.6) is 0 Å². The highest BCUT2D eigenvalue weighted by molar-refractivity contribution is 6.06. The lowest BCUT2D eigenvalue weighted by atomic mass is 9.75. The minimum atomic E-state index is 0.212. The summed E-state index contributed by atoms with van der Waals surface area (Å²) in [7, 11) is 0. The van der Waals surface area contributed by atoms with Crippen LogP contribution in [0, 0.1) is 11.8 Å². The van der Waals surface area contributed by atoms with Crippen molar-refractivity contribution in [2.24, 2.45) is 11.8 Å². The fourth-order valence-electron chi connectivity index (χ4n) is 4.23. The van der Waals surface area contributed by atoms with E-state index in [1.165, 1.54) is 32.1 Å². The van der Waals surface area contributed by atoms with E-state index >= 15 is 0 Å². The average molecular weight is 282 g/mol. The third-order valence-electron chi connectivity index (χ3n) is 5.40. The molecule has 3 heteroatoms. The van der Waals surface area contributed by atoms with Gasteiger partial charge >= 0.3 is 0 Å². The third kappa shape index (κ3) is 2.25. The van der Waals surface area contributed by atoms with Crippen LogP contribution < -0.4 is 0 Å². The van der Waals surface area contributed by atoms with Gasteiger partial charge in [-0.25, -0.2) is 0 Å². The molecule has 1 saturated carbocycles. The summed E-state index contributed by atoms with van der Waals surface area (Å²) in [6, 6.07) is 7.97. The molecule has 0 radical (unpaired) electrons. The highest BCUT2D eigenvalue weighted by Crippen LogP contribution is 2.36. The number of nitrogens with zero attached hydrogens (tertiary/aromatic N) is 1. The smallest absolute Gasteiger partial charge is 0.254 e. The fraction of sp³-hybridized carbons (Fsp3) is 0.500. The van der Waals surface area contributed by atoms with Gasteiger partial charge in [-0.3, -0.25) is 4.79 Å². The van der Waals surface area contributed by atoms with Gasteiger partial charge in [0, 0.05) is 35.8 Å². The van der Waals surface area contributed by atoms with Gasteiger partial charge in [-0.15, -0.1) is 0 Å². The summed E-state index contributed by atoms with van der Waals surface area (Å²) in [4.78, 5) is 18.2. The molecule has 1 aliphatic heterocycles. The van der Waals surface area contributed by atoms with Crippen LogP contribution in [0.4, 0.5) is 0 Å². The van der Waals surface area contributed by atoms with Gasteiger partial charge < -0.3 is 9.88 Å². The Kier molecular flexibility index (Phi) is 3.21. The van der Waals surface area contributed by atoms with E-state index < -0.39 is 0 Å². The Balaban J connectivity index is 1.59. The second kappa shape index (κ2) is 5.21. The highest BCUT2D eigenvalue weighted by atomic mass is 16.2. The van der Waals surface area contributed by atoms with Gasteiger partial charge in [-0.05, 0) is 42.9 Å². The first-order valence-electron chi connectivity index (χ1n) is 8.18. The van der Waals surface area contributed by atoms with Gasteiger partial charge in [0.05, 0.1) is 0 Å². The van der Waals surface area contributed by atoms with Gasteiger partial charge in [0.25, 0.3) is 5.91 Å². The number of aromatic nitrogens is 1. The van der Waals surface area contributed by atoms with Crippen molar-refractivity contribution in [1.29, 1.82) is 0 Å². The molecule has 1 aliphatic carbocycles. The molecule has 4 rings (SSSR count). The third-order valence-corrected chi connectivity index (χ3v) is 5.40. The van der Waals surface area contributed by atoms with E-state index in [1.807, 2.05) is 30.5 Å². The first kappa shape index (κ1) is 12.9. The molecule has 2 atom stereocenters. The van der Waals surface area contributed by atoms with Crippen LogP contribution in [0.25, 0.3) is 10.9 Å². The van der Waals surface area contributed by atoms with Crippen molar-refractivity contribution in [1.82, 2.24) is 9.88 Å². The van der Waals surface area contributed by atoms with E-state index in [1.54, 1.807) is 0 Å². The fourth-order valence-corrected chi connectivity index (χ4v) is 4.23. The zero-order valence-electron chi connectivity index (χ0n) is 12.3. The molecule has 1 amide bonds. The molecule has 1 N–H and O–H groups in total. The van der Waals surface area contributed by atoms with Crippen molar-refractivity contribution < 1.29 is 4.79 Å². The summed E-state index contributed by atoms with van der Waals surface area (Å²) < 4.78 is 0. The quantitative estimate of drug-likeness (QED) is 0.848. The maximum absolute atomic E-state index is 12.9. The molecule has 0 bridgehead atoms. The predicted molar refractivity (Wildman–Crippen MR) is 84.3 cm³/mol. The Bertz CT molecular complexity index is 660.